The molecule has 0 saturated carbocycles. The Morgan fingerprint density at radius 1 is 1.23 bits per heavy atom. The predicted octanol–water partition coefficient (Wildman–Crippen LogP) is 3.29. The van der Waals surface area contributed by atoms with E-state index >= 15 is 0 Å². The number of benzene rings is 1. The average molecular weight is 299 g/mol. The van der Waals surface area contributed by atoms with Crippen LogP contribution >= 0.6 is 0 Å². The van der Waals surface area contributed by atoms with Crippen molar-refractivity contribution in [2.45, 2.75) is 38.8 Å². The molecule has 118 valence electrons. The van der Waals surface area contributed by atoms with Crippen LogP contribution in [0.4, 0.5) is 0 Å². The predicted molar refractivity (Wildman–Crippen MR) is 88.1 cm³/mol. The van der Waals surface area contributed by atoms with E-state index in [2.05, 4.69) is 45.8 Å². The van der Waals surface area contributed by atoms with Crippen LogP contribution in [0.15, 0.2) is 36.7 Å². The van der Waals surface area contributed by atoms with Gasteiger partial charge in [0.25, 0.3) is 0 Å². The van der Waals surface area contributed by atoms with Gasteiger partial charge in [-0.05, 0) is 50.4 Å². The lowest BCUT2D eigenvalue weighted by Crippen LogP contribution is -2.33. The normalized spacial score (nSPS) is 16.8. The molecule has 1 aromatic carbocycles. The minimum Gasteiger partial charge on any atom is -0.496 e. The van der Waals surface area contributed by atoms with Crippen LogP contribution in [0.5, 0.6) is 5.75 Å². The maximum Gasteiger partial charge on any atom is 0.122 e. The van der Waals surface area contributed by atoms with Gasteiger partial charge in [0, 0.05) is 18.9 Å². The maximum atomic E-state index is 5.51. The quantitative estimate of drug-likeness (QED) is 0.848. The zero-order valence-electron chi connectivity index (χ0n) is 13.5. The van der Waals surface area contributed by atoms with Crippen LogP contribution in [0.25, 0.3) is 0 Å². The van der Waals surface area contributed by atoms with Crippen LogP contribution in [-0.2, 0) is 13.1 Å². The number of imidazole rings is 1. The van der Waals surface area contributed by atoms with Gasteiger partial charge in [0.15, 0.2) is 0 Å². The van der Waals surface area contributed by atoms with Crippen molar-refractivity contribution in [1.82, 2.24) is 14.5 Å². The summed E-state index contributed by atoms with van der Waals surface area (Å²) in [5.41, 5.74) is 1.36. The van der Waals surface area contributed by atoms with Gasteiger partial charge in [0.05, 0.1) is 13.7 Å². The second kappa shape index (κ2) is 6.97. The van der Waals surface area contributed by atoms with E-state index in [9.17, 15) is 0 Å². The van der Waals surface area contributed by atoms with Gasteiger partial charge in [0.2, 0.25) is 0 Å². The van der Waals surface area contributed by atoms with Crippen molar-refractivity contribution in [3.05, 3.63) is 48.0 Å². The van der Waals surface area contributed by atoms with Crippen LogP contribution in [0.1, 0.15) is 37.1 Å². The molecule has 3 rings (SSSR count). The van der Waals surface area contributed by atoms with Gasteiger partial charge >= 0.3 is 0 Å². The molecule has 0 aliphatic carbocycles. The third kappa shape index (κ3) is 3.17. The Morgan fingerprint density at radius 2 is 2.00 bits per heavy atom. The van der Waals surface area contributed by atoms with Crippen molar-refractivity contribution < 1.29 is 4.74 Å². The van der Waals surface area contributed by atoms with Crippen molar-refractivity contribution in [1.29, 1.82) is 0 Å². The van der Waals surface area contributed by atoms with Crippen molar-refractivity contribution in [3.8, 4) is 5.75 Å². The van der Waals surface area contributed by atoms with Gasteiger partial charge in [0.1, 0.15) is 11.6 Å². The summed E-state index contributed by atoms with van der Waals surface area (Å²) >= 11 is 0. The van der Waals surface area contributed by atoms with Crippen molar-refractivity contribution >= 4 is 0 Å². The molecule has 2 aromatic rings. The van der Waals surface area contributed by atoms with Gasteiger partial charge < -0.3 is 9.30 Å². The molecule has 4 nitrogen and oxygen atoms in total. The fourth-order valence-electron chi connectivity index (χ4n) is 3.39. The molecule has 1 aliphatic heterocycles. The molecule has 1 aliphatic rings. The summed E-state index contributed by atoms with van der Waals surface area (Å²) in [6.07, 6.45) is 6.34. The summed E-state index contributed by atoms with van der Waals surface area (Å²) < 4.78 is 7.74. The monoisotopic (exact) mass is 299 g/mol. The molecule has 0 N–H and O–H groups in total. The fraction of sp³-hybridized carbons (Fsp3) is 0.500. The highest BCUT2D eigenvalue weighted by Crippen LogP contribution is 2.34. The summed E-state index contributed by atoms with van der Waals surface area (Å²) in [5.74, 6) is 2.82. The van der Waals surface area contributed by atoms with Crippen LogP contribution in [0.3, 0.4) is 0 Å². The number of aryl methyl sites for hydroxylation is 1. The van der Waals surface area contributed by atoms with Crippen LogP contribution in [-0.4, -0.2) is 34.7 Å². The number of para-hydroxylation sites is 1. The minimum absolute atomic E-state index is 0.610. The minimum atomic E-state index is 0.610. The summed E-state index contributed by atoms with van der Waals surface area (Å²) in [5, 5.41) is 0. The van der Waals surface area contributed by atoms with Gasteiger partial charge in [-0.3, -0.25) is 4.90 Å². The topological polar surface area (TPSA) is 30.3 Å². The highest BCUT2D eigenvalue weighted by atomic mass is 16.5. The largest absolute Gasteiger partial charge is 0.496 e. The average Bonchev–Trinajstić information content (AvgIpc) is 3.02. The highest BCUT2D eigenvalue weighted by molar-refractivity contribution is 5.36. The van der Waals surface area contributed by atoms with Crippen LogP contribution < -0.4 is 4.74 Å². The number of methoxy groups -OCH3 is 1. The number of piperidine rings is 1. The zero-order chi connectivity index (χ0) is 15.4. The second-order valence-electron chi connectivity index (χ2n) is 5.92. The first kappa shape index (κ1) is 15.1. The van der Waals surface area contributed by atoms with E-state index in [1.165, 1.54) is 24.2 Å². The Balaban J connectivity index is 1.61. The molecule has 2 heterocycles. The van der Waals surface area contributed by atoms with Crippen molar-refractivity contribution in [3.63, 3.8) is 0 Å². The first-order valence-electron chi connectivity index (χ1n) is 8.17. The summed E-state index contributed by atoms with van der Waals surface area (Å²) in [7, 11) is 1.76. The van der Waals surface area contributed by atoms with E-state index in [4.69, 9.17) is 4.74 Å². The third-order valence-electron chi connectivity index (χ3n) is 4.67. The summed E-state index contributed by atoms with van der Waals surface area (Å²) in [6.45, 7) is 6.37. The fourth-order valence-corrected chi connectivity index (χ4v) is 3.39. The number of likely N-dealkylation sites (tertiary alicyclic amines) is 1. The van der Waals surface area contributed by atoms with E-state index < -0.39 is 0 Å². The first-order chi connectivity index (χ1) is 10.8. The SMILES string of the molecule is CCn1ccnc1CN1CCC(c2ccccc2OC)CC1. The molecule has 22 heavy (non-hydrogen) atoms. The Kier molecular flexibility index (Phi) is 4.78. The highest BCUT2D eigenvalue weighted by Gasteiger charge is 2.23. The smallest absolute Gasteiger partial charge is 0.122 e. The molecule has 1 saturated heterocycles. The molecule has 0 unspecified atom stereocenters. The van der Waals surface area contributed by atoms with E-state index in [-0.39, 0.29) is 0 Å². The van der Waals surface area contributed by atoms with E-state index in [0.29, 0.717) is 5.92 Å². The number of aromatic nitrogens is 2. The third-order valence-corrected chi connectivity index (χ3v) is 4.67. The summed E-state index contributed by atoms with van der Waals surface area (Å²) in [4.78, 5) is 7.00. The number of nitrogens with zero attached hydrogens (tertiary/aromatic N) is 3. The van der Waals surface area contributed by atoms with Crippen molar-refractivity contribution in [2.75, 3.05) is 20.2 Å². The number of ether oxygens (including phenoxy) is 1. The van der Waals surface area contributed by atoms with Crippen LogP contribution in [0, 0.1) is 0 Å². The Labute approximate surface area is 132 Å². The number of hydrogen-bond acceptors (Lipinski definition) is 3. The Bertz CT molecular complexity index is 600. The first-order valence-corrected chi connectivity index (χ1v) is 8.17. The maximum absolute atomic E-state index is 5.51. The Hall–Kier alpha value is -1.81. The molecule has 1 aromatic heterocycles. The van der Waals surface area contributed by atoms with Gasteiger partial charge in [-0.1, -0.05) is 18.2 Å². The second-order valence-corrected chi connectivity index (χ2v) is 5.92. The standard InChI is InChI=1S/C18H25N3O/c1-3-21-13-10-19-18(21)14-20-11-8-15(9-12-20)16-6-4-5-7-17(16)22-2/h4-7,10,13,15H,3,8-9,11-12,14H2,1-2H3. The van der Waals surface area contributed by atoms with Gasteiger partial charge in [-0.25, -0.2) is 4.98 Å². The molecule has 0 amide bonds. The number of rotatable bonds is 5. The van der Waals surface area contributed by atoms with E-state index in [1.54, 1.807) is 7.11 Å². The van der Waals surface area contributed by atoms with Crippen LogP contribution in [0.2, 0.25) is 0 Å². The van der Waals surface area contributed by atoms with Gasteiger partial charge in [-0.15, -0.1) is 0 Å². The lowest BCUT2D eigenvalue weighted by molar-refractivity contribution is 0.196. The molecule has 1 fully saturated rings. The molecule has 0 spiro atoms. The lowest BCUT2D eigenvalue weighted by Gasteiger charge is -2.32. The summed E-state index contributed by atoms with van der Waals surface area (Å²) in [6, 6.07) is 8.44. The molecule has 0 radical (unpaired) electrons. The lowest BCUT2D eigenvalue weighted by atomic mass is 9.89. The Morgan fingerprint density at radius 3 is 2.73 bits per heavy atom. The molecule has 0 atom stereocenters. The molecular formula is C18H25N3O. The van der Waals surface area contributed by atoms with E-state index in [1.807, 2.05) is 12.3 Å². The molecular weight excluding hydrogens is 274 g/mol. The van der Waals surface area contributed by atoms with Crippen molar-refractivity contribution in [2.24, 2.45) is 0 Å². The van der Waals surface area contributed by atoms with Gasteiger partial charge in [-0.2, -0.15) is 0 Å². The molecule has 4 heteroatoms. The molecule has 0 bridgehead atoms. The zero-order valence-corrected chi connectivity index (χ0v) is 13.5. The number of hydrogen-bond donors (Lipinski definition) is 0. The van der Waals surface area contributed by atoms with E-state index in [0.717, 1.165) is 31.9 Å².